The van der Waals surface area contributed by atoms with Gasteiger partial charge in [-0.25, -0.2) is 4.39 Å². The molecule has 0 bridgehead atoms. The SMILES string of the molecule is CC(=O)Nc1cccc(NC(=O)C(=O)N2CCN(c3ccccc3F)CC2)c1. The Morgan fingerprint density at radius 2 is 1.54 bits per heavy atom. The molecule has 146 valence electrons. The fraction of sp³-hybridized carbons (Fsp3) is 0.250. The van der Waals surface area contributed by atoms with E-state index in [4.69, 9.17) is 0 Å². The lowest BCUT2D eigenvalue weighted by Gasteiger charge is -2.35. The van der Waals surface area contributed by atoms with Crippen LogP contribution >= 0.6 is 0 Å². The van der Waals surface area contributed by atoms with Gasteiger partial charge in [-0.2, -0.15) is 0 Å². The second-order valence-corrected chi connectivity index (χ2v) is 6.45. The van der Waals surface area contributed by atoms with Crippen molar-refractivity contribution in [3.63, 3.8) is 0 Å². The molecule has 1 fully saturated rings. The second-order valence-electron chi connectivity index (χ2n) is 6.45. The van der Waals surface area contributed by atoms with Gasteiger partial charge in [0.25, 0.3) is 0 Å². The molecule has 0 atom stereocenters. The minimum Gasteiger partial charge on any atom is -0.366 e. The van der Waals surface area contributed by atoms with Crippen molar-refractivity contribution in [1.29, 1.82) is 0 Å². The summed E-state index contributed by atoms with van der Waals surface area (Å²) in [4.78, 5) is 39.1. The average molecular weight is 384 g/mol. The van der Waals surface area contributed by atoms with Crippen LogP contribution in [-0.4, -0.2) is 48.8 Å². The number of para-hydroxylation sites is 1. The predicted molar refractivity (Wildman–Crippen MR) is 105 cm³/mol. The molecule has 0 saturated carbocycles. The first-order chi connectivity index (χ1) is 13.4. The van der Waals surface area contributed by atoms with Gasteiger partial charge >= 0.3 is 11.8 Å². The number of rotatable bonds is 3. The van der Waals surface area contributed by atoms with E-state index in [0.29, 0.717) is 43.2 Å². The highest BCUT2D eigenvalue weighted by Gasteiger charge is 2.27. The fourth-order valence-electron chi connectivity index (χ4n) is 3.06. The van der Waals surface area contributed by atoms with Crippen LogP contribution in [0.25, 0.3) is 0 Å². The van der Waals surface area contributed by atoms with E-state index in [2.05, 4.69) is 10.6 Å². The summed E-state index contributed by atoms with van der Waals surface area (Å²) in [5, 5.41) is 5.16. The van der Waals surface area contributed by atoms with E-state index in [9.17, 15) is 18.8 Å². The molecule has 28 heavy (non-hydrogen) atoms. The number of benzene rings is 2. The third kappa shape index (κ3) is 4.64. The average Bonchev–Trinajstić information content (AvgIpc) is 2.68. The summed E-state index contributed by atoms with van der Waals surface area (Å²) in [5.74, 6) is -1.93. The van der Waals surface area contributed by atoms with E-state index >= 15 is 0 Å². The van der Waals surface area contributed by atoms with Crippen molar-refractivity contribution < 1.29 is 18.8 Å². The van der Waals surface area contributed by atoms with Crippen molar-refractivity contribution in [2.24, 2.45) is 0 Å². The number of nitrogens with one attached hydrogen (secondary N) is 2. The van der Waals surface area contributed by atoms with Gasteiger partial charge in [0.2, 0.25) is 5.91 Å². The first-order valence-electron chi connectivity index (χ1n) is 8.91. The standard InChI is InChI=1S/C20H21FN4O3/c1-14(26)22-15-5-4-6-16(13-15)23-19(27)20(28)25-11-9-24(10-12-25)18-8-3-2-7-17(18)21/h2-8,13H,9-12H2,1H3,(H,22,26)(H,23,27). The Labute approximate surface area is 162 Å². The van der Waals surface area contributed by atoms with E-state index in [1.165, 1.54) is 17.9 Å². The van der Waals surface area contributed by atoms with E-state index in [-0.39, 0.29) is 11.7 Å². The van der Waals surface area contributed by atoms with Crippen LogP contribution in [-0.2, 0) is 14.4 Å². The van der Waals surface area contributed by atoms with Gasteiger partial charge in [-0.15, -0.1) is 0 Å². The molecule has 0 unspecified atom stereocenters. The first-order valence-corrected chi connectivity index (χ1v) is 8.91. The van der Waals surface area contributed by atoms with E-state index in [1.807, 2.05) is 4.90 Å². The lowest BCUT2D eigenvalue weighted by atomic mass is 10.2. The lowest BCUT2D eigenvalue weighted by molar-refractivity contribution is -0.143. The molecular formula is C20H21FN4O3. The van der Waals surface area contributed by atoms with Crippen LogP contribution in [0.3, 0.4) is 0 Å². The Kier molecular flexibility index (Phi) is 5.88. The molecule has 7 nitrogen and oxygen atoms in total. The summed E-state index contributed by atoms with van der Waals surface area (Å²) in [7, 11) is 0. The number of carbonyl (C=O) groups is 3. The molecule has 2 aromatic carbocycles. The Morgan fingerprint density at radius 1 is 0.893 bits per heavy atom. The van der Waals surface area contributed by atoms with Gasteiger partial charge in [0.05, 0.1) is 5.69 Å². The summed E-state index contributed by atoms with van der Waals surface area (Å²) in [6, 6.07) is 13.0. The minimum atomic E-state index is -0.751. The highest BCUT2D eigenvalue weighted by molar-refractivity contribution is 6.39. The van der Waals surface area contributed by atoms with Gasteiger partial charge in [0, 0.05) is 44.5 Å². The number of halogens is 1. The third-order valence-electron chi connectivity index (χ3n) is 4.40. The Bertz CT molecular complexity index is 895. The van der Waals surface area contributed by atoms with Gasteiger partial charge in [0.1, 0.15) is 5.82 Å². The molecule has 2 N–H and O–H groups in total. The van der Waals surface area contributed by atoms with Crippen molar-refractivity contribution in [2.45, 2.75) is 6.92 Å². The molecular weight excluding hydrogens is 363 g/mol. The van der Waals surface area contributed by atoms with Crippen LogP contribution in [0.5, 0.6) is 0 Å². The summed E-state index contributed by atoms with van der Waals surface area (Å²) in [6.45, 7) is 2.92. The van der Waals surface area contributed by atoms with E-state index in [0.717, 1.165) is 0 Å². The van der Waals surface area contributed by atoms with E-state index in [1.54, 1.807) is 42.5 Å². The molecule has 0 aliphatic carbocycles. The lowest BCUT2D eigenvalue weighted by Crippen LogP contribution is -2.51. The molecule has 2 aromatic rings. The Hall–Kier alpha value is -3.42. The van der Waals surface area contributed by atoms with Crippen LogP contribution in [0.15, 0.2) is 48.5 Å². The molecule has 1 saturated heterocycles. The normalized spacial score (nSPS) is 13.8. The van der Waals surface area contributed by atoms with Crippen LogP contribution in [0.1, 0.15) is 6.92 Å². The Morgan fingerprint density at radius 3 is 2.18 bits per heavy atom. The monoisotopic (exact) mass is 384 g/mol. The zero-order valence-corrected chi connectivity index (χ0v) is 15.4. The second kappa shape index (κ2) is 8.51. The largest absolute Gasteiger partial charge is 0.366 e. The predicted octanol–water partition coefficient (Wildman–Crippen LogP) is 2.07. The highest BCUT2D eigenvalue weighted by Crippen LogP contribution is 2.20. The number of anilines is 3. The molecule has 0 aromatic heterocycles. The van der Waals surface area contributed by atoms with Crippen molar-refractivity contribution in [3.8, 4) is 0 Å². The maximum atomic E-state index is 13.9. The summed E-state index contributed by atoms with van der Waals surface area (Å²) in [5.41, 5.74) is 1.43. The van der Waals surface area contributed by atoms with Gasteiger partial charge < -0.3 is 20.4 Å². The molecule has 8 heteroatoms. The quantitative estimate of drug-likeness (QED) is 0.794. The van der Waals surface area contributed by atoms with E-state index < -0.39 is 11.8 Å². The number of piperazine rings is 1. The number of carbonyl (C=O) groups excluding carboxylic acids is 3. The molecule has 3 amide bonds. The van der Waals surface area contributed by atoms with Gasteiger partial charge in [-0.05, 0) is 30.3 Å². The van der Waals surface area contributed by atoms with Crippen LogP contribution in [0.2, 0.25) is 0 Å². The van der Waals surface area contributed by atoms with Gasteiger partial charge in [-0.1, -0.05) is 18.2 Å². The minimum absolute atomic E-state index is 0.229. The third-order valence-corrected chi connectivity index (χ3v) is 4.40. The molecule has 1 heterocycles. The number of hydrogen-bond donors (Lipinski definition) is 2. The smallest absolute Gasteiger partial charge is 0.313 e. The molecule has 3 rings (SSSR count). The number of nitrogens with zero attached hydrogens (tertiary/aromatic N) is 2. The maximum Gasteiger partial charge on any atom is 0.313 e. The van der Waals surface area contributed by atoms with Crippen molar-refractivity contribution in [3.05, 3.63) is 54.3 Å². The van der Waals surface area contributed by atoms with Crippen LogP contribution < -0.4 is 15.5 Å². The zero-order chi connectivity index (χ0) is 20.1. The zero-order valence-electron chi connectivity index (χ0n) is 15.4. The van der Waals surface area contributed by atoms with Gasteiger partial charge in [-0.3, -0.25) is 14.4 Å². The van der Waals surface area contributed by atoms with Crippen LogP contribution in [0, 0.1) is 5.82 Å². The highest BCUT2D eigenvalue weighted by atomic mass is 19.1. The number of amides is 3. The Balaban J connectivity index is 1.57. The first kappa shape index (κ1) is 19.3. The summed E-state index contributed by atoms with van der Waals surface area (Å²) < 4.78 is 13.9. The van der Waals surface area contributed by atoms with Crippen molar-refractivity contribution in [1.82, 2.24) is 4.90 Å². The maximum absolute atomic E-state index is 13.9. The molecule has 1 aliphatic rings. The van der Waals surface area contributed by atoms with Gasteiger partial charge in [0.15, 0.2) is 0 Å². The number of hydrogen-bond acceptors (Lipinski definition) is 4. The molecule has 0 radical (unpaired) electrons. The molecule has 0 spiro atoms. The van der Waals surface area contributed by atoms with Crippen molar-refractivity contribution >= 4 is 34.8 Å². The van der Waals surface area contributed by atoms with Crippen LogP contribution in [0.4, 0.5) is 21.5 Å². The summed E-state index contributed by atoms with van der Waals surface area (Å²) >= 11 is 0. The molecule has 1 aliphatic heterocycles. The summed E-state index contributed by atoms with van der Waals surface area (Å²) in [6.07, 6.45) is 0. The topological polar surface area (TPSA) is 81.8 Å². The fourth-order valence-corrected chi connectivity index (χ4v) is 3.06. The van der Waals surface area contributed by atoms with Crippen molar-refractivity contribution in [2.75, 3.05) is 41.7 Å².